The molecule has 1 unspecified atom stereocenters. The smallest absolute Gasteiger partial charge is 0.473 e. The van der Waals surface area contributed by atoms with Crippen LogP contribution in [0, 0.1) is 5.92 Å². The second-order valence-corrected chi connectivity index (χ2v) is 12.4. The number of phosphoric ester groups is 1. The first-order chi connectivity index (χ1) is 18.0. The lowest BCUT2D eigenvalue weighted by Gasteiger charge is -2.39. The lowest BCUT2D eigenvalue weighted by atomic mass is 9.73. The number of allylic oxidation sites excluding steroid dienone is 3. The first kappa shape index (κ1) is 30.6. The summed E-state index contributed by atoms with van der Waals surface area (Å²) in [6.45, 7) is 12.4. The molecule has 0 heterocycles. The Hall–Kier alpha value is -1.92. The van der Waals surface area contributed by atoms with Crippen molar-refractivity contribution in [3.63, 3.8) is 0 Å². The molecule has 3 atom stereocenters. The molecule has 0 bridgehead atoms. The van der Waals surface area contributed by atoms with E-state index in [1.165, 1.54) is 5.57 Å². The Labute approximate surface area is 227 Å². The van der Waals surface area contributed by atoms with Gasteiger partial charge in [0.2, 0.25) is 0 Å². The van der Waals surface area contributed by atoms with Crippen molar-refractivity contribution >= 4 is 13.8 Å². The van der Waals surface area contributed by atoms with Gasteiger partial charge in [0.15, 0.2) is 5.60 Å². The fourth-order valence-electron chi connectivity index (χ4n) is 5.41. The van der Waals surface area contributed by atoms with E-state index in [1.54, 1.807) is 12.1 Å². The third kappa shape index (κ3) is 7.59. The molecule has 0 amide bonds. The number of phosphoric acid groups is 1. The van der Waals surface area contributed by atoms with Crippen molar-refractivity contribution in [3.8, 4) is 11.5 Å². The van der Waals surface area contributed by atoms with Crippen LogP contribution >= 0.6 is 7.82 Å². The molecular weight excluding hydrogens is 503 g/mol. The molecular formula is C30H45O7P. The number of carbonyl (C=O) groups excluding carboxylic acids is 1. The molecule has 212 valence electrons. The molecule has 0 aromatic heterocycles. The molecule has 0 saturated heterocycles. The van der Waals surface area contributed by atoms with Crippen molar-refractivity contribution in [3.05, 3.63) is 47.1 Å². The average Bonchev–Trinajstić information content (AvgIpc) is 2.81. The molecule has 7 nitrogen and oxygen atoms in total. The van der Waals surface area contributed by atoms with Gasteiger partial charge in [-0.15, -0.1) is 0 Å². The van der Waals surface area contributed by atoms with Crippen molar-refractivity contribution in [1.82, 2.24) is 0 Å². The van der Waals surface area contributed by atoms with Gasteiger partial charge in [0.05, 0.1) is 6.61 Å². The van der Waals surface area contributed by atoms with Crippen LogP contribution in [-0.2, 0) is 24.8 Å². The van der Waals surface area contributed by atoms with Crippen LogP contribution in [0.3, 0.4) is 0 Å². The van der Waals surface area contributed by atoms with E-state index >= 15 is 0 Å². The summed E-state index contributed by atoms with van der Waals surface area (Å²) in [6.07, 6.45) is 10.3. The maximum Gasteiger partial charge on any atom is 0.473 e. The quantitative estimate of drug-likeness (QED) is 0.0801. The number of esters is 1. The summed E-state index contributed by atoms with van der Waals surface area (Å²) < 4.78 is 29.4. The Morgan fingerprint density at radius 2 is 1.92 bits per heavy atom. The van der Waals surface area contributed by atoms with E-state index in [9.17, 15) is 19.4 Å². The molecule has 0 radical (unpaired) electrons. The molecule has 8 heteroatoms. The van der Waals surface area contributed by atoms with Gasteiger partial charge in [0, 0.05) is 11.5 Å². The van der Waals surface area contributed by atoms with Crippen LogP contribution < -0.4 is 4.74 Å². The Balaban J connectivity index is 1.89. The first-order valence-electron chi connectivity index (χ1n) is 14.1. The van der Waals surface area contributed by atoms with E-state index in [0.29, 0.717) is 24.8 Å². The van der Waals surface area contributed by atoms with E-state index in [4.69, 9.17) is 13.8 Å². The number of benzene rings is 1. The van der Waals surface area contributed by atoms with Crippen molar-refractivity contribution in [1.29, 1.82) is 0 Å². The number of aromatic hydroxyl groups is 1. The molecule has 1 fully saturated rings. The highest BCUT2D eigenvalue weighted by Crippen LogP contribution is 2.54. The summed E-state index contributed by atoms with van der Waals surface area (Å²) in [4.78, 5) is 23.9. The summed E-state index contributed by atoms with van der Waals surface area (Å²) >= 11 is 0. The number of carbonyl (C=O) groups is 1. The van der Waals surface area contributed by atoms with Gasteiger partial charge in [0.25, 0.3) is 0 Å². The zero-order valence-corrected chi connectivity index (χ0v) is 24.4. The van der Waals surface area contributed by atoms with Crippen molar-refractivity contribution < 1.29 is 33.1 Å². The molecule has 2 aliphatic rings. The van der Waals surface area contributed by atoms with Crippen molar-refractivity contribution in [2.75, 3.05) is 6.61 Å². The van der Waals surface area contributed by atoms with Gasteiger partial charge in [-0.3, -0.25) is 9.05 Å². The molecule has 0 aliphatic heterocycles. The van der Waals surface area contributed by atoms with Gasteiger partial charge >= 0.3 is 13.8 Å². The first-order valence-corrected chi connectivity index (χ1v) is 15.6. The predicted octanol–water partition coefficient (Wildman–Crippen LogP) is 7.90. The Kier molecular flexibility index (Phi) is 10.8. The monoisotopic (exact) mass is 548 g/mol. The number of rotatable bonds is 14. The highest BCUT2D eigenvalue weighted by atomic mass is 31.2. The number of hydrogen-bond acceptors (Lipinski definition) is 6. The third-order valence-electron chi connectivity index (χ3n) is 7.71. The maximum atomic E-state index is 13.6. The van der Waals surface area contributed by atoms with Gasteiger partial charge in [-0.2, -0.15) is 0 Å². The Bertz CT molecular complexity index is 1070. The van der Waals surface area contributed by atoms with Gasteiger partial charge in [-0.1, -0.05) is 63.3 Å². The molecule has 3 rings (SSSR count). The second kappa shape index (κ2) is 13.4. The van der Waals surface area contributed by atoms with Crippen LogP contribution in [-0.4, -0.2) is 28.2 Å². The van der Waals surface area contributed by atoms with E-state index in [1.807, 2.05) is 13.8 Å². The molecule has 1 aromatic rings. The SMILES string of the molecule is C=C(C)[C@@H]1CCC(C)=C[C@H]1c1c(O)cc(CCC)cc1OC(=O)C1(OP(=O)(O)OCCCCCC)CCC1. The molecule has 2 N–H and O–H groups in total. The number of phenols is 1. The van der Waals surface area contributed by atoms with Crippen LogP contribution in [0.4, 0.5) is 0 Å². The third-order valence-corrected chi connectivity index (χ3v) is 8.80. The van der Waals surface area contributed by atoms with Crippen LogP contribution in [0.5, 0.6) is 11.5 Å². The number of hydrogen-bond donors (Lipinski definition) is 2. The van der Waals surface area contributed by atoms with Crippen molar-refractivity contribution in [2.24, 2.45) is 5.92 Å². The van der Waals surface area contributed by atoms with Gasteiger partial charge in [-0.25, -0.2) is 9.36 Å². The lowest BCUT2D eigenvalue weighted by Crippen LogP contribution is -2.49. The van der Waals surface area contributed by atoms with Gasteiger partial charge < -0.3 is 14.7 Å². The standard InChI is InChI=1S/C30H45O7P/c1-6-8-9-10-17-35-38(33,34)37-30(15-11-16-30)29(32)36-27-20-23(12-7-2)19-26(31)28(27)25-18-22(5)13-14-24(25)21(3)4/h18-20,24-25,31H,3,6-17H2,1-2,4-5H3,(H,33,34)/t24-,25+/m0/s1. The van der Waals surface area contributed by atoms with Crippen LogP contribution in [0.1, 0.15) is 109 Å². The fourth-order valence-corrected chi connectivity index (χ4v) is 6.52. The van der Waals surface area contributed by atoms with Gasteiger partial charge in [-0.05, 0) is 82.4 Å². The fraction of sp³-hybridized carbons (Fsp3) is 0.633. The minimum atomic E-state index is -4.46. The number of ether oxygens (including phenoxy) is 1. The number of phenolic OH excluding ortho intramolecular Hbond substituents is 1. The minimum Gasteiger partial charge on any atom is -0.507 e. The Morgan fingerprint density at radius 1 is 1.18 bits per heavy atom. The highest BCUT2D eigenvalue weighted by Gasteiger charge is 2.52. The van der Waals surface area contributed by atoms with Crippen LogP contribution in [0.2, 0.25) is 0 Å². The summed E-state index contributed by atoms with van der Waals surface area (Å²) in [5.74, 6) is -0.498. The van der Waals surface area contributed by atoms with Crippen LogP contribution in [0.15, 0.2) is 35.9 Å². The zero-order valence-electron chi connectivity index (χ0n) is 23.5. The molecule has 38 heavy (non-hydrogen) atoms. The molecule has 2 aliphatic carbocycles. The van der Waals surface area contributed by atoms with E-state index in [2.05, 4.69) is 26.5 Å². The Morgan fingerprint density at radius 3 is 2.53 bits per heavy atom. The predicted molar refractivity (Wildman–Crippen MR) is 149 cm³/mol. The summed E-state index contributed by atoms with van der Waals surface area (Å²) in [5, 5.41) is 11.2. The number of unbranched alkanes of at least 4 members (excludes halogenated alkanes) is 3. The van der Waals surface area contributed by atoms with E-state index in [-0.39, 0.29) is 42.8 Å². The number of aryl methyl sites for hydroxylation is 1. The highest BCUT2D eigenvalue weighted by molar-refractivity contribution is 7.47. The second-order valence-electron chi connectivity index (χ2n) is 11.0. The topological polar surface area (TPSA) is 102 Å². The minimum absolute atomic E-state index is 0.0766. The molecule has 1 saturated carbocycles. The average molecular weight is 549 g/mol. The molecule has 0 spiro atoms. The maximum absolute atomic E-state index is 13.6. The largest absolute Gasteiger partial charge is 0.507 e. The summed E-state index contributed by atoms with van der Waals surface area (Å²) in [7, 11) is -4.46. The van der Waals surface area contributed by atoms with Crippen LogP contribution in [0.25, 0.3) is 0 Å². The molecule has 1 aromatic carbocycles. The zero-order chi connectivity index (χ0) is 27.9. The normalized spacial score (nSPS) is 22.2. The summed E-state index contributed by atoms with van der Waals surface area (Å²) in [6, 6.07) is 3.55. The van der Waals surface area contributed by atoms with E-state index < -0.39 is 19.4 Å². The van der Waals surface area contributed by atoms with Crippen molar-refractivity contribution in [2.45, 2.75) is 110 Å². The van der Waals surface area contributed by atoms with E-state index in [0.717, 1.165) is 49.7 Å². The summed E-state index contributed by atoms with van der Waals surface area (Å²) in [5.41, 5.74) is 2.06. The lowest BCUT2D eigenvalue weighted by molar-refractivity contribution is -0.162. The van der Waals surface area contributed by atoms with Gasteiger partial charge in [0.1, 0.15) is 11.5 Å².